The summed E-state index contributed by atoms with van der Waals surface area (Å²) in [5.74, 6) is 0. The molecule has 2 rings (SSSR count). The van der Waals surface area contributed by atoms with Crippen LogP contribution in [0.25, 0.3) is 0 Å². The van der Waals surface area contributed by atoms with Crippen LogP contribution in [0, 0.1) is 0 Å². The zero-order valence-electron chi connectivity index (χ0n) is 7.87. The van der Waals surface area contributed by atoms with Crippen LogP contribution in [-0.4, -0.2) is 5.71 Å². The molecule has 1 nitrogen and oxygen atoms in total. The zero-order chi connectivity index (χ0) is 8.93. The van der Waals surface area contributed by atoms with Crippen LogP contribution in [0.4, 0.5) is 0 Å². The highest BCUT2D eigenvalue weighted by atomic mass is 14.7. The van der Waals surface area contributed by atoms with Crippen LogP contribution >= 0.6 is 0 Å². The van der Waals surface area contributed by atoms with Crippen LogP contribution in [0.2, 0.25) is 0 Å². The summed E-state index contributed by atoms with van der Waals surface area (Å²) >= 11 is 0. The third kappa shape index (κ3) is 2.41. The highest BCUT2D eigenvalue weighted by Crippen LogP contribution is 2.14. The standard InChI is InChI=1S/C12H15N/c1-3-7-11(8-4-1)13-12-9-5-2-6-10-12/h3,5,7-9H,1-2,4,6,10H2. The Kier molecular flexibility index (Phi) is 2.75. The van der Waals surface area contributed by atoms with E-state index in [0.29, 0.717) is 0 Å². The van der Waals surface area contributed by atoms with Crippen molar-refractivity contribution in [1.29, 1.82) is 0 Å². The lowest BCUT2D eigenvalue weighted by Gasteiger charge is -2.07. The molecule has 2 aliphatic rings. The Morgan fingerprint density at radius 3 is 2.62 bits per heavy atom. The lowest BCUT2D eigenvalue weighted by molar-refractivity contribution is 0.877. The SMILES string of the molecule is C1=CC(N=C2C=CCCC2)=CCC1. The molecule has 0 aliphatic heterocycles. The molecule has 0 saturated carbocycles. The third-order valence-corrected chi connectivity index (χ3v) is 2.36. The summed E-state index contributed by atoms with van der Waals surface area (Å²) in [6.07, 6.45) is 16.8. The summed E-state index contributed by atoms with van der Waals surface area (Å²) < 4.78 is 0. The maximum atomic E-state index is 4.60. The van der Waals surface area contributed by atoms with Gasteiger partial charge in [-0.25, -0.2) is 0 Å². The van der Waals surface area contributed by atoms with E-state index in [-0.39, 0.29) is 0 Å². The average molecular weight is 173 g/mol. The molecule has 0 aromatic carbocycles. The first-order chi connectivity index (χ1) is 6.45. The van der Waals surface area contributed by atoms with E-state index >= 15 is 0 Å². The lowest BCUT2D eigenvalue weighted by atomic mass is 10.1. The third-order valence-electron chi connectivity index (χ3n) is 2.36. The van der Waals surface area contributed by atoms with E-state index in [1.165, 1.54) is 25.0 Å². The Balaban J connectivity index is 2.09. The minimum Gasteiger partial charge on any atom is -0.254 e. The molecule has 0 heterocycles. The predicted molar refractivity (Wildman–Crippen MR) is 56.9 cm³/mol. The van der Waals surface area contributed by atoms with E-state index in [0.717, 1.165) is 18.5 Å². The van der Waals surface area contributed by atoms with E-state index in [4.69, 9.17) is 0 Å². The summed E-state index contributed by atoms with van der Waals surface area (Å²) in [5, 5.41) is 0. The highest BCUT2D eigenvalue weighted by Gasteiger charge is 2.01. The van der Waals surface area contributed by atoms with Crippen LogP contribution < -0.4 is 0 Å². The van der Waals surface area contributed by atoms with Crippen LogP contribution in [-0.2, 0) is 0 Å². The summed E-state index contributed by atoms with van der Waals surface area (Å²) in [7, 11) is 0. The van der Waals surface area contributed by atoms with Gasteiger partial charge in [0.05, 0.1) is 5.70 Å². The van der Waals surface area contributed by atoms with Gasteiger partial charge in [-0.1, -0.05) is 18.2 Å². The van der Waals surface area contributed by atoms with E-state index in [1.54, 1.807) is 0 Å². The van der Waals surface area contributed by atoms with Crippen molar-refractivity contribution in [3.8, 4) is 0 Å². The smallest absolute Gasteiger partial charge is 0.0590 e. The van der Waals surface area contributed by atoms with Crippen LogP contribution in [0.1, 0.15) is 32.1 Å². The quantitative estimate of drug-likeness (QED) is 0.576. The van der Waals surface area contributed by atoms with Gasteiger partial charge in [0.15, 0.2) is 0 Å². The van der Waals surface area contributed by atoms with E-state index in [9.17, 15) is 0 Å². The van der Waals surface area contributed by atoms with Crippen LogP contribution in [0.3, 0.4) is 0 Å². The molecule has 0 atom stereocenters. The molecule has 1 heteroatoms. The van der Waals surface area contributed by atoms with Gasteiger partial charge in [-0.3, -0.25) is 4.99 Å². The molecule has 0 saturated heterocycles. The second-order valence-electron chi connectivity index (χ2n) is 3.51. The van der Waals surface area contributed by atoms with Crippen molar-refractivity contribution in [2.45, 2.75) is 32.1 Å². The van der Waals surface area contributed by atoms with E-state index in [1.807, 2.05) is 0 Å². The lowest BCUT2D eigenvalue weighted by Crippen LogP contribution is -1.99. The summed E-state index contributed by atoms with van der Waals surface area (Å²) in [4.78, 5) is 4.60. The van der Waals surface area contributed by atoms with Gasteiger partial charge in [0, 0.05) is 5.71 Å². The Morgan fingerprint density at radius 1 is 1.00 bits per heavy atom. The molecular formula is C12H15N. The number of hydrogen-bond donors (Lipinski definition) is 0. The maximum Gasteiger partial charge on any atom is 0.0590 e. The first-order valence-electron chi connectivity index (χ1n) is 5.06. The van der Waals surface area contributed by atoms with Crippen molar-refractivity contribution in [2.24, 2.45) is 4.99 Å². The summed E-state index contributed by atoms with van der Waals surface area (Å²) in [6.45, 7) is 0. The number of rotatable bonds is 1. The summed E-state index contributed by atoms with van der Waals surface area (Å²) in [5.41, 5.74) is 2.39. The number of aliphatic imine (C=N–C) groups is 1. The molecule has 0 aromatic rings. The molecule has 0 fully saturated rings. The van der Waals surface area contributed by atoms with Crippen molar-refractivity contribution < 1.29 is 0 Å². The van der Waals surface area contributed by atoms with E-state index < -0.39 is 0 Å². The van der Waals surface area contributed by atoms with Gasteiger partial charge >= 0.3 is 0 Å². The fourth-order valence-corrected chi connectivity index (χ4v) is 1.65. The molecule has 13 heavy (non-hydrogen) atoms. The molecule has 0 radical (unpaired) electrons. The second-order valence-corrected chi connectivity index (χ2v) is 3.51. The van der Waals surface area contributed by atoms with Gasteiger partial charge in [-0.05, 0) is 44.3 Å². The molecule has 2 aliphatic carbocycles. The largest absolute Gasteiger partial charge is 0.254 e. The predicted octanol–water partition coefficient (Wildman–Crippen LogP) is 3.40. The van der Waals surface area contributed by atoms with Crippen LogP contribution in [0.15, 0.2) is 41.1 Å². The van der Waals surface area contributed by atoms with Crippen molar-refractivity contribution in [3.05, 3.63) is 36.1 Å². The maximum absolute atomic E-state index is 4.60. The molecule has 68 valence electrons. The molecule has 0 aromatic heterocycles. The average Bonchev–Trinajstić information content (AvgIpc) is 2.21. The van der Waals surface area contributed by atoms with Gasteiger partial charge in [0.2, 0.25) is 0 Å². The van der Waals surface area contributed by atoms with Gasteiger partial charge in [-0.2, -0.15) is 0 Å². The molecule has 0 bridgehead atoms. The first kappa shape index (κ1) is 8.49. The van der Waals surface area contributed by atoms with E-state index in [2.05, 4.69) is 35.4 Å². The van der Waals surface area contributed by atoms with Gasteiger partial charge in [0.25, 0.3) is 0 Å². The Bertz CT molecular complexity index is 292. The van der Waals surface area contributed by atoms with Crippen molar-refractivity contribution >= 4 is 5.71 Å². The molecule has 0 spiro atoms. The minimum atomic E-state index is 1.14. The Morgan fingerprint density at radius 2 is 1.92 bits per heavy atom. The minimum absolute atomic E-state index is 1.14. The highest BCUT2D eigenvalue weighted by molar-refractivity contribution is 5.96. The molecular weight excluding hydrogens is 158 g/mol. The Labute approximate surface area is 79.6 Å². The van der Waals surface area contributed by atoms with Gasteiger partial charge < -0.3 is 0 Å². The summed E-state index contributed by atoms with van der Waals surface area (Å²) in [6, 6.07) is 0. The number of hydrogen-bond acceptors (Lipinski definition) is 1. The fraction of sp³-hybridized carbons (Fsp3) is 0.417. The molecule has 0 N–H and O–H groups in total. The van der Waals surface area contributed by atoms with Crippen molar-refractivity contribution in [3.63, 3.8) is 0 Å². The normalized spacial score (nSPS) is 24.9. The van der Waals surface area contributed by atoms with Crippen molar-refractivity contribution in [2.75, 3.05) is 0 Å². The fourth-order valence-electron chi connectivity index (χ4n) is 1.65. The second kappa shape index (κ2) is 4.22. The zero-order valence-corrected chi connectivity index (χ0v) is 7.87. The molecule has 0 amide bonds. The van der Waals surface area contributed by atoms with Crippen LogP contribution in [0.5, 0.6) is 0 Å². The first-order valence-corrected chi connectivity index (χ1v) is 5.06. The topological polar surface area (TPSA) is 12.4 Å². The number of allylic oxidation sites excluding steroid dienone is 5. The van der Waals surface area contributed by atoms with Gasteiger partial charge in [0.1, 0.15) is 0 Å². The van der Waals surface area contributed by atoms with Gasteiger partial charge in [-0.15, -0.1) is 0 Å². The molecule has 0 unspecified atom stereocenters. The monoisotopic (exact) mass is 173 g/mol. The number of nitrogens with zero attached hydrogens (tertiary/aromatic N) is 1. The Hall–Kier alpha value is -1.11. The van der Waals surface area contributed by atoms with Crippen molar-refractivity contribution in [1.82, 2.24) is 0 Å².